The molecule has 0 bridgehead atoms. The maximum Gasteiger partial charge on any atom is 0.224 e. The van der Waals surface area contributed by atoms with Gasteiger partial charge in [0.2, 0.25) is 5.91 Å². The van der Waals surface area contributed by atoms with Gasteiger partial charge >= 0.3 is 0 Å². The fraction of sp³-hybridized carbons (Fsp3) is 0.550. The maximum atomic E-state index is 13.7. The molecule has 3 rings (SSSR count). The Balaban J connectivity index is 1.65. The van der Waals surface area contributed by atoms with E-state index in [1.165, 1.54) is 6.07 Å². The molecule has 0 radical (unpaired) electrons. The van der Waals surface area contributed by atoms with E-state index >= 15 is 0 Å². The number of hydrogen-bond acceptors (Lipinski definition) is 3. The molecule has 1 fully saturated rings. The lowest BCUT2D eigenvalue weighted by Crippen LogP contribution is -2.41. The van der Waals surface area contributed by atoms with E-state index in [0.717, 1.165) is 37.1 Å². The third-order valence-corrected chi connectivity index (χ3v) is 5.46. The molecule has 1 aromatic heterocycles. The number of halogens is 1. The molecule has 1 atom stereocenters. The van der Waals surface area contributed by atoms with Crippen LogP contribution in [-0.2, 0) is 16.8 Å². The van der Waals surface area contributed by atoms with Gasteiger partial charge < -0.3 is 5.32 Å². The zero-order valence-corrected chi connectivity index (χ0v) is 15.8. The monoisotopic (exact) mass is 358 g/mol. The van der Waals surface area contributed by atoms with Crippen molar-refractivity contribution in [1.29, 1.82) is 0 Å². The number of benzene rings is 1. The molecular formula is C20H27FN4O. The summed E-state index contributed by atoms with van der Waals surface area (Å²) < 4.78 is 15.5. The van der Waals surface area contributed by atoms with Crippen LogP contribution in [-0.4, -0.2) is 27.2 Å². The van der Waals surface area contributed by atoms with Crippen LogP contribution in [0.15, 0.2) is 24.3 Å². The molecule has 2 aromatic rings. The summed E-state index contributed by atoms with van der Waals surface area (Å²) in [5, 5.41) is 7.43. The Morgan fingerprint density at radius 3 is 2.69 bits per heavy atom. The smallest absolute Gasteiger partial charge is 0.224 e. The van der Waals surface area contributed by atoms with Gasteiger partial charge in [-0.2, -0.15) is 5.10 Å². The van der Waals surface area contributed by atoms with E-state index in [1.54, 1.807) is 16.8 Å². The van der Waals surface area contributed by atoms with Gasteiger partial charge in [-0.3, -0.25) is 4.79 Å². The van der Waals surface area contributed by atoms with Crippen LogP contribution in [0.3, 0.4) is 0 Å². The average molecular weight is 358 g/mol. The summed E-state index contributed by atoms with van der Waals surface area (Å²) in [4.78, 5) is 16.9. The number of nitrogens with zero attached hydrogens (tertiary/aromatic N) is 3. The number of aromatic nitrogens is 3. The summed E-state index contributed by atoms with van der Waals surface area (Å²) >= 11 is 0. The Morgan fingerprint density at radius 1 is 1.35 bits per heavy atom. The number of nitrogens with one attached hydrogen (secondary N) is 1. The lowest BCUT2D eigenvalue weighted by molar-refractivity contribution is -0.125. The van der Waals surface area contributed by atoms with Gasteiger partial charge in [-0.15, -0.1) is 0 Å². The fourth-order valence-corrected chi connectivity index (χ4v) is 3.94. The van der Waals surface area contributed by atoms with Crippen LogP contribution in [0.4, 0.5) is 4.39 Å². The van der Waals surface area contributed by atoms with Crippen molar-refractivity contribution in [2.45, 2.75) is 58.4 Å². The highest BCUT2D eigenvalue weighted by Gasteiger charge is 2.36. The van der Waals surface area contributed by atoms with E-state index in [4.69, 9.17) is 0 Å². The average Bonchev–Trinajstić information content (AvgIpc) is 3.20. The Bertz CT molecular complexity index is 780. The number of carbonyl (C=O) groups is 1. The first kappa shape index (κ1) is 18.5. The first-order valence-corrected chi connectivity index (χ1v) is 9.31. The summed E-state index contributed by atoms with van der Waals surface area (Å²) in [6.07, 6.45) is 4.18. The van der Waals surface area contributed by atoms with Gasteiger partial charge in [0.05, 0.1) is 12.5 Å². The molecular weight excluding hydrogens is 331 g/mol. The Labute approximate surface area is 154 Å². The number of amides is 1. The second-order valence-corrected chi connectivity index (χ2v) is 7.50. The van der Waals surface area contributed by atoms with Crippen LogP contribution in [0.1, 0.15) is 49.8 Å². The summed E-state index contributed by atoms with van der Waals surface area (Å²) in [6, 6.07) is 6.81. The molecule has 140 valence electrons. The molecule has 5 nitrogen and oxygen atoms in total. The van der Waals surface area contributed by atoms with Gasteiger partial charge in [-0.25, -0.2) is 14.1 Å². The number of rotatable bonds is 6. The lowest BCUT2D eigenvalue weighted by atomic mass is 9.78. The van der Waals surface area contributed by atoms with Gasteiger partial charge in [-0.05, 0) is 44.4 Å². The topological polar surface area (TPSA) is 59.8 Å². The Morgan fingerprint density at radius 2 is 2.08 bits per heavy atom. The highest BCUT2D eigenvalue weighted by Crippen LogP contribution is 2.40. The molecule has 1 heterocycles. The van der Waals surface area contributed by atoms with Crippen molar-refractivity contribution in [2.75, 3.05) is 6.54 Å². The van der Waals surface area contributed by atoms with Crippen LogP contribution in [0, 0.1) is 25.6 Å². The molecule has 0 saturated heterocycles. The maximum absolute atomic E-state index is 13.7. The molecule has 1 unspecified atom stereocenters. The molecule has 0 aliphatic heterocycles. The highest BCUT2D eigenvalue weighted by atomic mass is 19.1. The lowest BCUT2D eigenvalue weighted by Gasteiger charge is -2.30. The first-order valence-electron chi connectivity index (χ1n) is 9.31. The summed E-state index contributed by atoms with van der Waals surface area (Å²) in [7, 11) is 0. The van der Waals surface area contributed by atoms with E-state index in [9.17, 15) is 9.18 Å². The van der Waals surface area contributed by atoms with Crippen molar-refractivity contribution in [1.82, 2.24) is 20.1 Å². The van der Waals surface area contributed by atoms with E-state index < -0.39 is 0 Å². The normalized spacial score (nSPS) is 17.2. The second-order valence-electron chi connectivity index (χ2n) is 7.50. The quantitative estimate of drug-likeness (QED) is 0.862. The van der Waals surface area contributed by atoms with Crippen molar-refractivity contribution in [3.05, 3.63) is 47.3 Å². The number of hydrogen-bond donors (Lipinski definition) is 1. The van der Waals surface area contributed by atoms with Crippen molar-refractivity contribution in [3.63, 3.8) is 0 Å². The first-order chi connectivity index (χ1) is 12.4. The van der Waals surface area contributed by atoms with Crippen LogP contribution < -0.4 is 5.32 Å². The van der Waals surface area contributed by atoms with Crippen LogP contribution in [0.5, 0.6) is 0 Å². The molecule has 0 spiro atoms. The zero-order chi connectivity index (χ0) is 18.7. The zero-order valence-electron chi connectivity index (χ0n) is 15.8. The van der Waals surface area contributed by atoms with Crippen molar-refractivity contribution < 1.29 is 9.18 Å². The van der Waals surface area contributed by atoms with E-state index in [2.05, 4.69) is 15.4 Å². The van der Waals surface area contributed by atoms with Crippen LogP contribution >= 0.6 is 0 Å². The SMILES string of the molecule is Cc1nc(C)n(CC(C)C(=O)NCC2(c3cccc(F)c3)CCCC2)n1. The summed E-state index contributed by atoms with van der Waals surface area (Å²) in [5.74, 6) is 1.10. The fourth-order valence-electron chi connectivity index (χ4n) is 3.94. The number of carbonyl (C=O) groups excluding carboxylic acids is 1. The summed E-state index contributed by atoms with van der Waals surface area (Å²) in [6.45, 7) is 6.69. The third-order valence-electron chi connectivity index (χ3n) is 5.46. The van der Waals surface area contributed by atoms with Crippen LogP contribution in [0.25, 0.3) is 0 Å². The van der Waals surface area contributed by atoms with E-state index in [-0.39, 0.29) is 23.1 Å². The third kappa shape index (κ3) is 3.94. The molecule has 1 aromatic carbocycles. The second kappa shape index (κ2) is 7.56. The molecule has 1 saturated carbocycles. The minimum atomic E-state index is -0.217. The minimum absolute atomic E-state index is 0.000214. The highest BCUT2D eigenvalue weighted by molar-refractivity contribution is 5.78. The predicted octanol–water partition coefficient (Wildman–Crippen LogP) is 3.30. The standard InChI is InChI=1S/C20H27FN4O/c1-14(12-25-16(3)23-15(2)24-25)19(26)22-13-20(9-4-5-10-20)17-7-6-8-18(21)11-17/h6-8,11,14H,4-5,9-10,12-13H2,1-3H3,(H,22,26). The van der Waals surface area contributed by atoms with Crippen LogP contribution in [0.2, 0.25) is 0 Å². The van der Waals surface area contributed by atoms with Crippen molar-refractivity contribution >= 4 is 5.91 Å². The molecule has 1 N–H and O–H groups in total. The van der Waals surface area contributed by atoms with Gasteiger partial charge in [-0.1, -0.05) is 31.9 Å². The van der Waals surface area contributed by atoms with Gasteiger partial charge in [0, 0.05) is 12.0 Å². The molecule has 1 amide bonds. The molecule has 1 aliphatic rings. The van der Waals surface area contributed by atoms with Gasteiger partial charge in [0.15, 0.2) is 0 Å². The molecule has 1 aliphatic carbocycles. The van der Waals surface area contributed by atoms with Gasteiger partial charge in [0.25, 0.3) is 0 Å². The van der Waals surface area contributed by atoms with E-state index in [1.807, 2.05) is 26.8 Å². The summed E-state index contributed by atoms with van der Waals surface area (Å²) in [5.41, 5.74) is 0.836. The Kier molecular flexibility index (Phi) is 5.39. The number of aryl methyl sites for hydroxylation is 2. The van der Waals surface area contributed by atoms with Crippen molar-refractivity contribution in [3.8, 4) is 0 Å². The van der Waals surface area contributed by atoms with Crippen molar-refractivity contribution in [2.24, 2.45) is 5.92 Å². The minimum Gasteiger partial charge on any atom is -0.355 e. The van der Waals surface area contributed by atoms with Gasteiger partial charge in [0.1, 0.15) is 17.5 Å². The largest absolute Gasteiger partial charge is 0.355 e. The Hall–Kier alpha value is -2.24. The molecule has 6 heteroatoms. The molecule has 26 heavy (non-hydrogen) atoms. The predicted molar refractivity (Wildman–Crippen MR) is 98.2 cm³/mol. The van der Waals surface area contributed by atoms with E-state index in [0.29, 0.717) is 18.9 Å².